The van der Waals surface area contributed by atoms with Gasteiger partial charge in [-0.3, -0.25) is 0 Å². The molecule has 6 heteroatoms. The Morgan fingerprint density at radius 1 is 1.33 bits per heavy atom. The molecule has 18 heavy (non-hydrogen) atoms. The van der Waals surface area contributed by atoms with Gasteiger partial charge in [0.1, 0.15) is 11.6 Å². The van der Waals surface area contributed by atoms with Gasteiger partial charge in [0.05, 0.1) is 23.1 Å². The third kappa shape index (κ3) is 2.07. The van der Waals surface area contributed by atoms with Gasteiger partial charge in [-0.2, -0.15) is 15.5 Å². The predicted octanol–water partition coefficient (Wildman–Crippen LogP) is 2.31. The standard InChI is InChI=1S/C12H12ClN5/c1-3-9-10(5-14)12(17-16-11(9)4-2)18-7-8(13)6-15-18/h6-7H,3-4H2,1-2H3. The van der Waals surface area contributed by atoms with Gasteiger partial charge in [-0.1, -0.05) is 25.4 Å². The molecule has 0 amide bonds. The number of nitrogens with zero attached hydrogens (tertiary/aromatic N) is 5. The summed E-state index contributed by atoms with van der Waals surface area (Å²) in [5.41, 5.74) is 2.30. The molecule has 0 radical (unpaired) electrons. The highest BCUT2D eigenvalue weighted by molar-refractivity contribution is 6.30. The molecule has 2 aromatic heterocycles. The number of nitriles is 1. The largest absolute Gasteiger partial charge is 0.218 e. The lowest BCUT2D eigenvalue weighted by Gasteiger charge is -2.09. The Morgan fingerprint density at radius 3 is 2.61 bits per heavy atom. The summed E-state index contributed by atoms with van der Waals surface area (Å²) >= 11 is 5.82. The maximum atomic E-state index is 9.33. The highest BCUT2D eigenvalue weighted by atomic mass is 35.5. The molecule has 0 bridgehead atoms. The van der Waals surface area contributed by atoms with Crippen LogP contribution in [0, 0.1) is 11.3 Å². The average molecular weight is 262 g/mol. The average Bonchev–Trinajstić information content (AvgIpc) is 2.83. The molecule has 0 saturated carbocycles. The van der Waals surface area contributed by atoms with Crippen LogP contribution in [0.25, 0.3) is 5.82 Å². The van der Waals surface area contributed by atoms with Crippen molar-refractivity contribution >= 4 is 11.6 Å². The second-order valence-corrected chi connectivity index (χ2v) is 4.18. The molecule has 0 aromatic carbocycles. The van der Waals surface area contributed by atoms with E-state index in [9.17, 15) is 5.26 Å². The first-order chi connectivity index (χ1) is 8.71. The summed E-state index contributed by atoms with van der Waals surface area (Å²) in [6.45, 7) is 3.99. The monoisotopic (exact) mass is 261 g/mol. The fraction of sp³-hybridized carbons (Fsp3) is 0.333. The van der Waals surface area contributed by atoms with Crippen LogP contribution in [0.1, 0.15) is 30.7 Å². The highest BCUT2D eigenvalue weighted by Crippen LogP contribution is 2.19. The SMILES string of the molecule is CCc1nnc(-n2cc(Cl)cn2)c(C#N)c1CC. The van der Waals surface area contributed by atoms with Gasteiger partial charge in [-0.15, -0.1) is 5.10 Å². The lowest BCUT2D eigenvalue weighted by Crippen LogP contribution is -2.10. The molecule has 92 valence electrons. The van der Waals surface area contributed by atoms with E-state index in [1.54, 1.807) is 6.20 Å². The third-order valence-electron chi connectivity index (χ3n) is 2.71. The van der Waals surface area contributed by atoms with Gasteiger partial charge in [-0.05, 0) is 18.4 Å². The van der Waals surface area contributed by atoms with Crippen molar-refractivity contribution in [3.63, 3.8) is 0 Å². The summed E-state index contributed by atoms with van der Waals surface area (Å²) in [5.74, 6) is 0.429. The van der Waals surface area contributed by atoms with E-state index in [1.807, 2.05) is 13.8 Å². The Kier molecular flexibility index (Phi) is 3.58. The molecule has 0 atom stereocenters. The van der Waals surface area contributed by atoms with Crippen LogP contribution in [0.2, 0.25) is 5.02 Å². The molecule has 0 aliphatic rings. The number of hydrogen-bond donors (Lipinski definition) is 0. The molecule has 0 N–H and O–H groups in total. The van der Waals surface area contributed by atoms with Crippen LogP contribution in [-0.4, -0.2) is 20.0 Å². The lowest BCUT2D eigenvalue weighted by atomic mass is 10.0. The number of rotatable bonds is 3. The van der Waals surface area contributed by atoms with E-state index < -0.39 is 0 Å². The molecule has 5 nitrogen and oxygen atoms in total. The van der Waals surface area contributed by atoms with Crippen molar-refractivity contribution in [2.24, 2.45) is 0 Å². The zero-order valence-corrected chi connectivity index (χ0v) is 10.9. The van der Waals surface area contributed by atoms with Crippen LogP contribution in [0.3, 0.4) is 0 Å². The van der Waals surface area contributed by atoms with E-state index in [0.717, 1.165) is 24.1 Å². The van der Waals surface area contributed by atoms with Crippen molar-refractivity contribution < 1.29 is 0 Å². The molecular weight excluding hydrogens is 250 g/mol. The van der Waals surface area contributed by atoms with Gasteiger partial charge in [-0.25, -0.2) is 4.68 Å². The fourth-order valence-corrected chi connectivity index (χ4v) is 1.99. The van der Waals surface area contributed by atoms with E-state index in [0.29, 0.717) is 16.4 Å². The molecule has 0 fully saturated rings. The number of halogens is 1. The van der Waals surface area contributed by atoms with Crippen LogP contribution < -0.4 is 0 Å². The van der Waals surface area contributed by atoms with Crippen molar-refractivity contribution in [2.75, 3.05) is 0 Å². The lowest BCUT2D eigenvalue weighted by molar-refractivity contribution is 0.778. The number of hydrogen-bond acceptors (Lipinski definition) is 4. The highest BCUT2D eigenvalue weighted by Gasteiger charge is 2.16. The van der Waals surface area contributed by atoms with Crippen LogP contribution in [-0.2, 0) is 12.8 Å². The Labute approximate surface area is 110 Å². The van der Waals surface area contributed by atoms with Gasteiger partial charge < -0.3 is 0 Å². The Balaban J connectivity index is 2.66. The summed E-state index contributed by atoms with van der Waals surface area (Å²) in [4.78, 5) is 0. The van der Waals surface area contributed by atoms with Crippen molar-refractivity contribution in [2.45, 2.75) is 26.7 Å². The minimum Gasteiger partial charge on any atom is -0.218 e. The molecule has 0 spiro atoms. The van der Waals surface area contributed by atoms with E-state index in [1.165, 1.54) is 10.9 Å². The van der Waals surface area contributed by atoms with E-state index in [4.69, 9.17) is 11.6 Å². The van der Waals surface area contributed by atoms with Gasteiger partial charge in [0.15, 0.2) is 5.82 Å². The molecule has 0 unspecified atom stereocenters. The Bertz CT molecular complexity index is 611. The van der Waals surface area contributed by atoms with E-state index in [2.05, 4.69) is 21.4 Å². The normalized spacial score (nSPS) is 10.3. The zero-order chi connectivity index (χ0) is 13.1. The van der Waals surface area contributed by atoms with Gasteiger partial charge in [0.25, 0.3) is 0 Å². The first-order valence-electron chi connectivity index (χ1n) is 5.70. The van der Waals surface area contributed by atoms with Crippen molar-refractivity contribution in [1.29, 1.82) is 5.26 Å². The van der Waals surface area contributed by atoms with Gasteiger partial charge in [0, 0.05) is 0 Å². The van der Waals surface area contributed by atoms with Crippen molar-refractivity contribution in [1.82, 2.24) is 20.0 Å². The summed E-state index contributed by atoms with van der Waals surface area (Å²) < 4.78 is 1.48. The molecule has 0 saturated heterocycles. The van der Waals surface area contributed by atoms with Crippen LogP contribution >= 0.6 is 11.6 Å². The maximum Gasteiger partial charge on any atom is 0.193 e. The summed E-state index contributed by atoms with van der Waals surface area (Å²) in [6, 6.07) is 2.19. The van der Waals surface area contributed by atoms with Crippen molar-refractivity contribution in [3.8, 4) is 11.9 Å². The Hall–Kier alpha value is -1.93. The van der Waals surface area contributed by atoms with Crippen molar-refractivity contribution in [3.05, 3.63) is 34.2 Å². The summed E-state index contributed by atoms with van der Waals surface area (Å²) in [6.07, 6.45) is 4.61. The molecular formula is C12H12ClN5. The first kappa shape index (κ1) is 12.5. The molecule has 2 heterocycles. The van der Waals surface area contributed by atoms with Crippen LogP contribution in [0.5, 0.6) is 0 Å². The smallest absolute Gasteiger partial charge is 0.193 e. The minimum atomic E-state index is 0.429. The molecule has 0 aliphatic carbocycles. The second kappa shape index (κ2) is 5.15. The van der Waals surface area contributed by atoms with Gasteiger partial charge >= 0.3 is 0 Å². The summed E-state index contributed by atoms with van der Waals surface area (Å²) in [7, 11) is 0. The molecule has 2 aromatic rings. The third-order valence-corrected chi connectivity index (χ3v) is 2.90. The van der Waals surface area contributed by atoms with Crippen LogP contribution in [0.15, 0.2) is 12.4 Å². The van der Waals surface area contributed by atoms with Gasteiger partial charge in [0.2, 0.25) is 0 Å². The summed E-state index contributed by atoms with van der Waals surface area (Å²) in [5, 5.41) is 22.1. The Morgan fingerprint density at radius 2 is 2.11 bits per heavy atom. The predicted molar refractivity (Wildman–Crippen MR) is 67.6 cm³/mol. The first-order valence-corrected chi connectivity index (χ1v) is 6.08. The zero-order valence-electron chi connectivity index (χ0n) is 10.2. The van der Waals surface area contributed by atoms with E-state index >= 15 is 0 Å². The minimum absolute atomic E-state index is 0.429. The number of aromatic nitrogens is 4. The topological polar surface area (TPSA) is 67.4 Å². The molecule has 2 rings (SSSR count). The van der Waals surface area contributed by atoms with E-state index in [-0.39, 0.29) is 0 Å². The quantitative estimate of drug-likeness (QED) is 0.850. The fourth-order valence-electron chi connectivity index (χ4n) is 1.86. The molecule has 0 aliphatic heterocycles. The van der Waals surface area contributed by atoms with Crippen LogP contribution in [0.4, 0.5) is 0 Å². The maximum absolute atomic E-state index is 9.33. The second-order valence-electron chi connectivity index (χ2n) is 3.75. The number of aryl methyl sites for hydroxylation is 1.